The third-order valence-electron chi connectivity index (χ3n) is 3.46. The summed E-state index contributed by atoms with van der Waals surface area (Å²) in [7, 11) is 1.58. The van der Waals surface area contributed by atoms with Gasteiger partial charge in [0, 0.05) is 19.2 Å². The van der Waals surface area contributed by atoms with Gasteiger partial charge in [-0.2, -0.15) is 0 Å². The SMILES string of the molecule is CCC(NC(=O)N(C)CC(C)C(=O)O)c1c(C)noc1C. The molecule has 0 bridgehead atoms. The van der Waals surface area contributed by atoms with Crippen LogP contribution in [0.3, 0.4) is 0 Å². The summed E-state index contributed by atoms with van der Waals surface area (Å²) < 4.78 is 5.12. The molecule has 0 aliphatic heterocycles. The van der Waals surface area contributed by atoms with Crippen LogP contribution in [0.4, 0.5) is 4.79 Å². The maximum Gasteiger partial charge on any atom is 0.317 e. The van der Waals surface area contributed by atoms with Crippen molar-refractivity contribution in [1.82, 2.24) is 15.4 Å². The van der Waals surface area contributed by atoms with Crippen LogP contribution in [0.2, 0.25) is 0 Å². The van der Waals surface area contributed by atoms with Crippen molar-refractivity contribution in [3.05, 3.63) is 17.0 Å². The summed E-state index contributed by atoms with van der Waals surface area (Å²) in [6.07, 6.45) is 0.691. The molecule has 2 atom stereocenters. The number of carboxylic acids is 1. The van der Waals surface area contributed by atoms with Gasteiger partial charge in [0.2, 0.25) is 0 Å². The molecule has 1 heterocycles. The Balaban J connectivity index is 2.73. The highest BCUT2D eigenvalue weighted by Gasteiger charge is 2.23. The quantitative estimate of drug-likeness (QED) is 0.838. The van der Waals surface area contributed by atoms with E-state index in [-0.39, 0.29) is 18.6 Å². The molecule has 1 rings (SSSR count). The Morgan fingerprint density at radius 2 is 2.05 bits per heavy atom. The van der Waals surface area contributed by atoms with E-state index in [1.54, 1.807) is 20.9 Å². The van der Waals surface area contributed by atoms with E-state index in [0.29, 0.717) is 12.2 Å². The Kier molecular flexibility index (Phi) is 5.75. The maximum atomic E-state index is 12.2. The first-order chi connectivity index (χ1) is 9.77. The van der Waals surface area contributed by atoms with Crippen LogP contribution in [0.25, 0.3) is 0 Å². The monoisotopic (exact) mass is 297 g/mol. The zero-order chi connectivity index (χ0) is 16.2. The summed E-state index contributed by atoms with van der Waals surface area (Å²) in [5.41, 5.74) is 1.63. The normalized spacial score (nSPS) is 13.6. The molecule has 1 aromatic heterocycles. The van der Waals surface area contributed by atoms with Gasteiger partial charge in [-0.25, -0.2) is 4.79 Å². The number of rotatable bonds is 6. The van der Waals surface area contributed by atoms with E-state index >= 15 is 0 Å². The second-order valence-corrected chi connectivity index (χ2v) is 5.27. The van der Waals surface area contributed by atoms with Crippen molar-refractivity contribution in [2.24, 2.45) is 5.92 Å². The molecular weight excluding hydrogens is 274 g/mol. The fraction of sp³-hybridized carbons (Fsp3) is 0.643. The van der Waals surface area contributed by atoms with Gasteiger partial charge in [-0.05, 0) is 20.3 Å². The van der Waals surface area contributed by atoms with E-state index < -0.39 is 11.9 Å². The highest BCUT2D eigenvalue weighted by Crippen LogP contribution is 2.24. The molecule has 2 N–H and O–H groups in total. The Hall–Kier alpha value is -2.05. The topological polar surface area (TPSA) is 95.7 Å². The number of carbonyl (C=O) groups excluding carboxylic acids is 1. The average molecular weight is 297 g/mol. The van der Waals surface area contributed by atoms with Crippen molar-refractivity contribution >= 4 is 12.0 Å². The average Bonchev–Trinajstić information content (AvgIpc) is 2.75. The number of aromatic nitrogens is 1. The molecule has 2 amide bonds. The van der Waals surface area contributed by atoms with E-state index in [1.165, 1.54) is 4.90 Å². The molecule has 0 radical (unpaired) electrons. The lowest BCUT2D eigenvalue weighted by Gasteiger charge is -2.24. The van der Waals surface area contributed by atoms with E-state index in [4.69, 9.17) is 9.63 Å². The number of carboxylic acid groups (broad SMARTS) is 1. The largest absolute Gasteiger partial charge is 0.481 e. The molecule has 0 aliphatic carbocycles. The van der Waals surface area contributed by atoms with Crippen LogP contribution >= 0.6 is 0 Å². The summed E-state index contributed by atoms with van der Waals surface area (Å²) in [6, 6.07) is -0.513. The standard InChI is InChI=1S/C14H23N3O4/c1-6-11(12-9(3)16-21-10(12)4)15-14(20)17(5)7-8(2)13(18)19/h8,11H,6-7H2,1-5H3,(H,15,20)(H,18,19). The predicted octanol–water partition coefficient (Wildman–Crippen LogP) is 2.10. The number of aryl methyl sites for hydroxylation is 2. The highest BCUT2D eigenvalue weighted by atomic mass is 16.5. The Labute approximate surface area is 124 Å². The van der Waals surface area contributed by atoms with Gasteiger partial charge in [0.05, 0.1) is 17.7 Å². The summed E-state index contributed by atoms with van der Waals surface area (Å²) in [6.45, 7) is 7.31. The van der Waals surface area contributed by atoms with Gasteiger partial charge < -0.3 is 19.8 Å². The van der Waals surface area contributed by atoms with Crippen molar-refractivity contribution in [3.8, 4) is 0 Å². The third-order valence-corrected chi connectivity index (χ3v) is 3.46. The highest BCUT2D eigenvalue weighted by molar-refractivity contribution is 5.76. The van der Waals surface area contributed by atoms with Crippen molar-refractivity contribution in [2.45, 2.75) is 40.2 Å². The molecule has 0 saturated carbocycles. The second-order valence-electron chi connectivity index (χ2n) is 5.27. The summed E-state index contributed by atoms with van der Waals surface area (Å²) in [5, 5.41) is 15.7. The third kappa shape index (κ3) is 4.21. The Bertz CT molecular complexity index is 493. The van der Waals surface area contributed by atoms with Gasteiger partial charge in [0.1, 0.15) is 5.76 Å². The molecule has 7 heteroatoms. The number of carbonyl (C=O) groups is 2. The maximum absolute atomic E-state index is 12.2. The molecule has 0 aromatic carbocycles. The fourth-order valence-electron chi connectivity index (χ4n) is 2.20. The van der Waals surface area contributed by atoms with Crippen molar-refractivity contribution < 1.29 is 19.2 Å². The minimum Gasteiger partial charge on any atom is -0.481 e. The van der Waals surface area contributed by atoms with Crippen LogP contribution < -0.4 is 5.32 Å². The van der Waals surface area contributed by atoms with Crippen LogP contribution in [-0.4, -0.2) is 40.8 Å². The van der Waals surface area contributed by atoms with Gasteiger partial charge in [0.15, 0.2) is 0 Å². The Morgan fingerprint density at radius 1 is 1.43 bits per heavy atom. The summed E-state index contributed by atoms with van der Waals surface area (Å²) in [5.74, 6) is -0.853. The van der Waals surface area contributed by atoms with Gasteiger partial charge in [-0.15, -0.1) is 0 Å². The van der Waals surface area contributed by atoms with Crippen molar-refractivity contribution in [1.29, 1.82) is 0 Å². The molecule has 0 fully saturated rings. The van der Waals surface area contributed by atoms with E-state index in [9.17, 15) is 9.59 Å². The number of hydrogen-bond acceptors (Lipinski definition) is 4. The molecule has 7 nitrogen and oxygen atoms in total. The number of amides is 2. The number of aliphatic carboxylic acids is 1. The van der Waals surface area contributed by atoms with Crippen LogP contribution in [0.15, 0.2) is 4.52 Å². The number of urea groups is 1. The zero-order valence-electron chi connectivity index (χ0n) is 13.1. The number of hydrogen-bond donors (Lipinski definition) is 2. The van der Waals surface area contributed by atoms with E-state index in [1.807, 2.05) is 13.8 Å². The first-order valence-corrected chi connectivity index (χ1v) is 6.95. The molecule has 21 heavy (non-hydrogen) atoms. The lowest BCUT2D eigenvalue weighted by atomic mass is 10.0. The predicted molar refractivity (Wildman–Crippen MR) is 77.0 cm³/mol. The smallest absolute Gasteiger partial charge is 0.317 e. The first-order valence-electron chi connectivity index (χ1n) is 6.95. The molecule has 0 aliphatic rings. The summed E-state index contributed by atoms with van der Waals surface area (Å²) >= 11 is 0. The molecule has 0 saturated heterocycles. The van der Waals surface area contributed by atoms with Gasteiger partial charge >= 0.3 is 12.0 Å². The summed E-state index contributed by atoms with van der Waals surface area (Å²) in [4.78, 5) is 24.4. The molecule has 1 aromatic rings. The van der Waals surface area contributed by atoms with Crippen LogP contribution in [0.5, 0.6) is 0 Å². The van der Waals surface area contributed by atoms with Gasteiger partial charge in [0.25, 0.3) is 0 Å². The second kappa shape index (κ2) is 7.10. The Morgan fingerprint density at radius 3 is 2.48 bits per heavy atom. The van der Waals surface area contributed by atoms with E-state index in [2.05, 4.69) is 10.5 Å². The lowest BCUT2D eigenvalue weighted by Crippen LogP contribution is -2.42. The molecule has 118 valence electrons. The van der Waals surface area contributed by atoms with E-state index in [0.717, 1.165) is 11.3 Å². The zero-order valence-corrected chi connectivity index (χ0v) is 13.1. The van der Waals surface area contributed by atoms with Crippen LogP contribution in [0, 0.1) is 19.8 Å². The molecule has 2 unspecified atom stereocenters. The van der Waals surface area contributed by atoms with Crippen LogP contribution in [0.1, 0.15) is 43.3 Å². The minimum atomic E-state index is -0.924. The van der Waals surface area contributed by atoms with Gasteiger partial charge in [-0.3, -0.25) is 4.79 Å². The fourth-order valence-corrected chi connectivity index (χ4v) is 2.20. The van der Waals surface area contributed by atoms with Crippen LogP contribution in [-0.2, 0) is 4.79 Å². The van der Waals surface area contributed by atoms with Crippen molar-refractivity contribution in [3.63, 3.8) is 0 Å². The molecular formula is C14H23N3O4. The first kappa shape index (κ1) is 17.0. The van der Waals surface area contributed by atoms with Gasteiger partial charge in [-0.1, -0.05) is 19.0 Å². The van der Waals surface area contributed by atoms with Crippen molar-refractivity contribution in [2.75, 3.05) is 13.6 Å². The number of nitrogens with zero attached hydrogens (tertiary/aromatic N) is 2. The molecule has 0 spiro atoms. The number of nitrogens with one attached hydrogen (secondary N) is 1. The lowest BCUT2D eigenvalue weighted by molar-refractivity contribution is -0.141. The minimum absolute atomic E-state index is 0.152.